The lowest BCUT2D eigenvalue weighted by Gasteiger charge is -2.31. The zero-order valence-electron chi connectivity index (χ0n) is 12.8. The minimum Gasteiger partial charge on any atom is -0.349 e. The molecule has 0 aliphatic carbocycles. The summed E-state index contributed by atoms with van der Waals surface area (Å²) in [5.41, 5.74) is 0. The average Bonchev–Trinajstić information content (AvgIpc) is 2.31. The fourth-order valence-electron chi connectivity index (χ4n) is 2.60. The Balaban J connectivity index is 2.38. The smallest absolute Gasteiger partial charge is 0.195 e. The molecule has 4 nitrogen and oxygen atoms in total. The Bertz CT molecular complexity index is 243. The van der Waals surface area contributed by atoms with Crippen LogP contribution in [0.15, 0.2) is 4.99 Å². The maximum atomic E-state index is 4.77. The van der Waals surface area contributed by atoms with E-state index in [1.807, 2.05) is 0 Å². The second-order valence-corrected chi connectivity index (χ2v) is 5.71. The van der Waals surface area contributed by atoms with E-state index >= 15 is 0 Å². The van der Waals surface area contributed by atoms with E-state index in [0.29, 0.717) is 0 Å². The van der Waals surface area contributed by atoms with Gasteiger partial charge in [-0.25, -0.2) is 0 Å². The Morgan fingerprint density at radius 3 is 2.11 bits per heavy atom. The maximum absolute atomic E-state index is 4.77. The van der Waals surface area contributed by atoms with Gasteiger partial charge in [-0.3, -0.25) is 4.99 Å². The van der Waals surface area contributed by atoms with Gasteiger partial charge in [0.15, 0.2) is 5.96 Å². The van der Waals surface area contributed by atoms with Crippen LogP contribution >= 0.6 is 0 Å². The van der Waals surface area contributed by atoms with Crippen molar-refractivity contribution in [3.63, 3.8) is 0 Å². The Kier molecular flexibility index (Phi) is 6.47. The van der Waals surface area contributed by atoms with E-state index in [2.05, 4.69) is 49.8 Å². The van der Waals surface area contributed by atoms with Crippen LogP contribution in [0, 0.1) is 5.92 Å². The zero-order chi connectivity index (χ0) is 13.5. The van der Waals surface area contributed by atoms with E-state index in [9.17, 15) is 0 Å². The Labute approximate surface area is 113 Å². The van der Waals surface area contributed by atoms with Crippen LogP contribution in [-0.4, -0.2) is 75.0 Å². The van der Waals surface area contributed by atoms with Crippen molar-refractivity contribution in [3.8, 4) is 0 Å². The van der Waals surface area contributed by atoms with Gasteiger partial charge in [-0.05, 0) is 44.8 Å². The van der Waals surface area contributed by atoms with E-state index in [1.54, 1.807) is 0 Å². The first-order valence-electron chi connectivity index (χ1n) is 7.16. The largest absolute Gasteiger partial charge is 0.349 e. The summed E-state index contributed by atoms with van der Waals surface area (Å²) in [6.07, 6.45) is 3.88. The van der Waals surface area contributed by atoms with Crippen LogP contribution in [0.25, 0.3) is 0 Å². The summed E-state index contributed by atoms with van der Waals surface area (Å²) in [7, 11) is 8.23. The predicted octanol–water partition coefficient (Wildman–Crippen LogP) is 1.59. The normalized spacial score (nSPS) is 17.6. The molecule has 1 aliphatic rings. The predicted molar refractivity (Wildman–Crippen MR) is 79.1 cm³/mol. The zero-order valence-corrected chi connectivity index (χ0v) is 12.8. The molecule has 1 saturated heterocycles. The van der Waals surface area contributed by atoms with Gasteiger partial charge in [0.1, 0.15) is 0 Å². The maximum Gasteiger partial charge on any atom is 0.195 e. The molecule has 0 unspecified atom stereocenters. The summed E-state index contributed by atoms with van der Waals surface area (Å²) in [5, 5.41) is 0. The molecule has 0 bridgehead atoms. The van der Waals surface area contributed by atoms with E-state index in [1.165, 1.54) is 38.9 Å². The van der Waals surface area contributed by atoms with Crippen LogP contribution in [0.5, 0.6) is 0 Å². The van der Waals surface area contributed by atoms with Crippen molar-refractivity contribution >= 4 is 5.96 Å². The molecule has 0 N–H and O–H groups in total. The number of rotatable bonds is 4. The van der Waals surface area contributed by atoms with E-state index in [4.69, 9.17) is 4.99 Å². The summed E-state index contributed by atoms with van der Waals surface area (Å²) >= 11 is 0. The first-order valence-corrected chi connectivity index (χ1v) is 7.16. The molecular formula is C14H30N4. The standard InChI is InChI=1S/C14H30N4/c1-6-9-18-10-7-13(8-11-18)12-15-14(16(2)3)17(4)5/h13H,6-12H2,1-5H3. The highest BCUT2D eigenvalue weighted by atomic mass is 15.3. The van der Waals surface area contributed by atoms with Crippen LogP contribution in [-0.2, 0) is 0 Å². The summed E-state index contributed by atoms with van der Waals surface area (Å²) in [6, 6.07) is 0. The second kappa shape index (κ2) is 7.62. The molecule has 0 aromatic carbocycles. The number of hydrogen-bond acceptors (Lipinski definition) is 2. The average molecular weight is 254 g/mol. The second-order valence-electron chi connectivity index (χ2n) is 5.71. The Morgan fingerprint density at radius 2 is 1.67 bits per heavy atom. The van der Waals surface area contributed by atoms with Gasteiger partial charge in [-0.1, -0.05) is 6.92 Å². The number of aliphatic imine (C=N–C) groups is 1. The number of nitrogens with zero attached hydrogens (tertiary/aromatic N) is 4. The van der Waals surface area contributed by atoms with Gasteiger partial charge in [-0.2, -0.15) is 0 Å². The molecule has 106 valence electrons. The summed E-state index contributed by atoms with van der Waals surface area (Å²) in [6.45, 7) is 7.01. The Hall–Kier alpha value is -0.770. The van der Waals surface area contributed by atoms with E-state index in [-0.39, 0.29) is 0 Å². The molecule has 1 rings (SSSR count). The molecule has 1 heterocycles. The lowest BCUT2D eigenvalue weighted by Crippen LogP contribution is -2.37. The number of piperidine rings is 1. The Morgan fingerprint density at radius 1 is 1.11 bits per heavy atom. The monoisotopic (exact) mass is 254 g/mol. The lowest BCUT2D eigenvalue weighted by atomic mass is 9.97. The van der Waals surface area contributed by atoms with Crippen molar-refractivity contribution in [3.05, 3.63) is 0 Å². The van der Waals surface area contributed by atoms with Crippen LogP contribution in [0.2, 0.25) is 0 Å². The van der Waals surface area contributed by atoms with Crippen molar-refractivity contribution in [2.75, 3.05) is 54.4 Å². The van der Waals surface area contributed by atoms with Crippen molar-refractivity contribution in [1.82, 2.24) is 14.7 Å². The SMILES string of the molecule is CCCN1CCC(CN=C(N(C)C)N(C)C)CC1. The van der Waals surface area contributed by atoms with Crippen molar-refractivity contribution in [2.24, 2.45) is 10.9 Å². The molecule has 18 heavy (non-hydrogen) atoms. The molecule has 1 fully saturated rings. The third-order valence-electron chi connectivity index (χ3n) is 3.54. The fraction of sp³-hybridized carbons (Fsp3) is 0.929. The van der Waals surface area contributed by atoms with E-state index in [0.717, 1.165) is 18.4 Å². The van der Waals surface area contributed by atoms with Gasteiger partial charge in [0.25, 0.3) is 0 Å². The number of likely N-dealkylation sites (tertiary alicyclic amines) is 1. The number of guanidine groups is 1. The van der Waals surface area contributed by atoms with Gasteiger partial charge < -0.3 is 14.7 Å². The molecule has 0 radical (unpaired) electrons. The van der Waals surface area contributed by atoms with Gasteiger partial charge in [-0.15, -0.1) is 0 Å². The minimum atomic E-state index is 0.771. The quantitative estimate of drug-likeness (QED) is 0.562. The number of hydrogen-bond donors (Lipinski definition) is 0. The lowest BCUT2D eigenvalue weighted by molar-refractivity contribution is 0.188. The molecule has 0 aromatic rings. The topological polar surface area (TPSA) is 22.1 Å². The van der Waals surface area contributed by atoms with Crippen LogP contribution < -0.4 is 0 Å². The van der Waals surface area contributed by atoms with Gasteiger partial charge in [0.05, 0.1) is 0 Å². The highest BCUT2D eigenvalue weighted by Gasteiger charge is 2.18. The molecule has 0 saturated carbocycles. The van der Waals surface area contributed by atoms with Crippen molar-refractivity contribution in [2.45, 2.75) is 26.2 Å². The molecule has 0 aromatic heterocycles. The third-order valence-corrected chi connectivity index (χ3v) is 3.54. The fourth-order valence-corrected chi connectivity index (χ4v) is 2.60. The molecule has 4 heteroatoms. The first-order chi connectivity index (χ1) is 8.54. The van der Waals surface area contributed by atoms with Gasteiger partial charge in [0, 0.05) is 34.7 Å². The van der Waals surface area contributed by atoms with Gasteiger partial charge >= 0.3 is 0 Å². The van der Waals surface area contributed by atoms with Crippen LogP contribution in [0.3, 0.4) is 0 Å². The minimum absolute atomic E-state index is 0.771. The highest BCUT2D eigenvalue weighted by molar-refractivity contribution is 5.79. The molecular weight excluding hydrogens is 224 g/mol. The van der Waals surface area contributed by atoms with Crippen molar-refractivity contribution in [1.29, 1.82) is 0 Å². The molecule has 1 aliphatic heterocycles. The molecule has 0 atom stereocenters. The van der Waals surface area contributed by atoms with Crippen molar-refractivity contribution < 1.29 is 0 Å². The van der Waals surface area contributed by atoms with Gasteiger partial charge in [0.2, 0.25) is 0 Å². The first kappa shape index (κ1) is 15.3. The summed E-state index contributed by atoms with van der Waals surface area (Å²) < 4.78 is 0. The third kappa shape index (κ3) is 4.84. The molecule has 0 amide bonds. The van der Waals surface area contributed by atoms with E-state index < -0.39 is 0 Å². The summed E-state index contributed by atoms with van der Waals surface area (Å²) in [5.74, 6) is 1.85. The summed E-state index contributed by atoms with van der Waals surface area (Å²) in [4.78, 5) is 11.5. The highest BCUT2D eigenvalue weighted by Crippen LogP contribution is 2.17. The molecule has 0 spiro atoms. The van der Waals surface area contributed by atoms with Crippen LogP contribution in [0.1, 0.15) is 26.2 Å². The van der Waals surface area contributed by atoms with Crippen LogP contribution in [0.4, 0.5) is 0 Å².